The monoisotopic (exact) mass is 244 g/mol. The third-order valence-electron chi connectivity index (χ3n) is 0.730. The van der Waals surface area contributed by atoms with Crippen LogP contribution in [0.2, 0.25) is 0 Å². The van der Waals surface area contributed by atoms with Crippen molar-refractivity contribution >= 4 is 29.2 Å². The van der Waals surface area contributed by atoms with Crippen molar-refractivity contribution in [2.75, 3.05) is 0 Å². The molecule has 0 radical (unpaired) electrons. The van der Waals surface area contributed by atoms with E-state index in [9.17, 15) is 22.4 Å². The van der Waals surface area contributed by atoms with Gasteiger partial charge in [0.05, 0.1) is 0 Å². The van der Waals surface area contributed by atoms with Crippen molar-refractivity contribution in [1.82, 2.24) is 0 Å². The van der Waals surface area contributed by atoms with Crippen LogP contribution in [0.5, 0.6) is 0 Å². The second-order valence-corrected chi connectivity index (χ2v) is 2.78. The van der Waals surface area contributed by atoms with E-state index in [1.54, 1.807) is 0 Å². The number of hydrogen-bond acceptors (Lipinski definition) is 3. The van der Waals surface area contributed by atoms with E-state index in [0.29, 0.717) is 0 Å². The molecule has 0 aromatic rings. The summed E-state index contributed by atoms with van der Waals surface area (Å²) in [5, 5.41) is -0.630. The van der Waals surface area contributed by atoms with Crippen LogP contribution in [0.4, 0.5) is 17.6 Å². The van der Waals surface area contributed by atoms with Gasteiger partial charge in [-0.1, -0.05) is 0 Å². The Bertz CT molecular complexity index is 199. The number of alkyl halides is 6. The summed E-state index contributed by atoms with van der Waals surface area (Å²) >= 11 is 8.20. The van der Waals surface area contributed by atoms with Crippen LogP contribution in [-0.2, 0) is 9.53 Å². The lowest BCUT2D eigenvalue weighted by atomic mass is 10.6. The van der Waals surface area contributed by atoms with Gasteiger partial charge in [0.1, 0.15) is 0 Å². The number of carbonyl (C=O) groups excluding carboxylic acids is 1. The minimum Gasteiger partial charge on any atom is -0.422 e. The Morgan fingerprint density at radius 3 is 1.92 bits per heavy atom. The van der Waals surface area contributed by atoms with E-state index in [-0.39, 0.29) is 0 Å². The van der Waals surface area contributed by atoms with Crippen molar-refractivity contribution in [3.05, 3.63) is 0 Å². The normalized spacial score (nSPS) is 15.3. The molecule has 0 aliphatic carbocycles. The molecule has 0 saturated carbocycles. The molecular weight excluding hydrogens is 243 g/mol. The average molecular weight is 245 g/mol. The molecule has 0 aromatic heterocycles. The zero-order valence-electron chi connectivity index (χ0n) is 5.61. The second-order valence-electron chi connectivity index (χ2n) is 1.80. The second kappa shape index (κ2) is 3.85. The first-order valence-electron chi connectivity index (χ1n) is 2.57. The van der Waals surface area contributed by atoms with Crippen LogP contribution in [-0.4, -0.2) is 28.1 Å². The van der Waals surface area contributed by atoms with E-state index < -0.39 is 23.0 Å². The third-order valence-corrected chi connectivity index (χ3v) is 1.07. The van der Waals surface area contributed by atoms with Gasteiger partial charge >= 0.3 is 16.7 Å². The predicted octanol–water partition coefficient (Wildman–Crippen LogP) is 1.51. The molecule has 3 nitrogen and oxygen atoms in total. The lowest BCUT2D eigenvalue weighted by molar-refractivity contribution is -0.216. The number of esters is 1. The predicted molar refractivity (Wildman–Crippen MR) is 33.7 cm³/mol. The van der Waals surface area contributed by atoms with Crippen LogP contribution in [0.1, 0.15) is 0 Å². The largest absolute Gasteiger partial charge is 0.422 e. The van der Waals surface area contributed by atoms with Crippen LogP contribution in [0.3, 0.4) is 0 Å². The van der Waals surface area contributed by atoms with E-state index in [1.807, 2.05) is 0 Å². The Morgan fingerprint density at radius 2 is 1.69 bits per heavy atom. The van der Waals surface area contributed by atoms with Crippen molar-refractivity contribution in [2.24, 2.45) is 0 Å². The summed E-state index contributed by atoms with van der Waals surface area (Å²) in [6.07, 6.45) is -3.17. The number of hydrogen-bond donors (Lipinski definition) is 1. The first-order chi connectivity index (χ1) is 5.55. The summed E-state index contributed by atoms with van der Waals surface area (Å²) in [5.74, 6) is -2.51. The number of aliphatic hydroxyl groups is 1. The van der Waals surface area contributed by atoms with Gasteiger partial charge in [-0.2, -0.15) is 17.6 Å². The van der Waals surface area contributed by atoms with Gasteiger partial charge in [0, 0.05) is 0 Å². The van der Waals surface area contributed by atoms with E-state index in [1.165, 1.54) is 0 Å². The number of ether oxygens (including phenoxy) is 1. The van der Waals surface area contributed by atoms with Gasteiger partial charge in [0.2, 0.25) is 0 Å². The van der Waals surface area contributed by atoms with Gasteiger partial charge < -0.3 is 9.84 Å². The first kappa shape index (κ1) is 12.7. The summed E-state index contributed by atoms with van der Waals surface area (Å²) in [5.41, 5.74) is 0. The Morgan fingerprint density at radius 1 is 1.31 bits per heavy atom. The molecule has 1 atom stereocenters. The average Bonchev–Trinajstić information content (AvgIpc) is 1.82. The molecule has 13 heavy (non-hydrogen) atoms. The highest BCUT2D eigenvalue weighted by molar-refractivity contribution is 6.31. The summed E-state index contributed by atoms with van der Waals surface area (Å²) in [4.78, 5) is 10.1. The lowest BCUT2D eigenvalue weighted by Gasteiger charge is -2.17. The van der Waals surface area contributed by atoms with Crippen molar-refractivity contribution in [3.63, 3.8) is 0 Å². The van der Waals surface area contributed by atoms with Gasteiger partial charge in [-0.25, -0.2) is 4.79 Å². The van der Waals surface area contributed by atoms with Gasteiger partial charge in [-0.3, -0.25) is 0 Å². The van der Waals surface area contributed by atoms with E-state index >= 15 is 0 Å². The van der Waals surface area contributed by atoms with Crippen LogP contribution in [0, 0.1) is 0 Å². The molecule has 0 amide bonds. The molecule has 0 fully saturated rings. The molecule has 0 aliphatic heterocycles. The summed E-state index contributed by atoms with van der Waals surface area (Å²) in [6.45, 7) is 0. The van der Waals surface area contributed by atoms with Crippen LogP contribution in [0.15, 0.2) is 0 Å². The Balaban J connectivity index is 4.24. The van der Waals surface area contributed by atoms with Crippen LogP contribution >= 0.6 is 23.2 Å². The highest BCUT2D eigenvalue weighted by atomic mass is 35.5. The van der Waals surface area contributed by atoms with Gasteiger partial charge in [-0.15, -0.1) is 0 Å². The molecule has 0 bridgehead atoms. The number of aliphatic hydroxyl groups excluding tert-OH is 1. The minimum absolute atomic E-state index is 2.51. The van der Waals surface area contributed by atoms with Crippen molar-refractivity contribution in [3.8, 4) is 0 Å². The molecule has 0 aromatic carbocycles. The molecule has 1 N–H and O–H groups in total. The zero-order chi connectivity index (χ0) is 10.9. The summed E-state index contributed by atoms with van der Waals surface area (Å²) in [7, 11) is 0. The Kier molecular flexibility index (Phi) is 3.77. The molecule has 0 heterocycles. The molecule has 0 spiro atoms. The number of halogens is 6. The minimum atomic E-state index is -4.48. The Labute approximate surface area is 79.2 Å². The van der Waals surface area contributed by atoms with E-state index in [0.717, 1.165) is 0 Å². The molecule has 78 valence electrons. The maximum atomic E-state index is 11.8. The van der Waals surface area contributed by atoms with Crippen molar-refractivity contribution < 1.29 is 32.2 Å². The highest BCUT2D eigenvalue weighted by Gasteiger charge is 2.45. The summed E-state index contributed by atoms with van der Waals surface area (Å²) in [6, 6.07) is 0. The van der Waals surface area contributed by atoms with Crippen molar-refractivity contribution in [1.29, 1.82) is 0 Å². The molecule has 0 aliphatic rings. The van der Waals surface area contributed by atoms with Crippen LogP contribution in [0.25, 0.3) is 0 Å². The fourth-order valence-electron chi connectivity index (χ4n) is 0.235. The standard InChI is InChI=1S/C4H2Cl2F4O3/c5-3(7,8)1(11)13-2(12)4(6,9)10/h1,11H. The number of rotatable bonds is 3. The van der Waals surface area contributed by atoms with Crippen molar-refractivity contribution in [2.45, 2.75) is 17.1 Å². The maximum Gasteiger partial charge on any atom is 0.418 e. The SMILES string of the molecule is O=C(OC(O)C(F)(F)Cl)C(F)(F)Cl. The zero-order valence-corrected chi connectivity index (χ0v) is 7.12. The fourth-order valence-corrected chi connectivity index (χ4v) is 0.324. The Hall–Kier alpha value is -0.270. The first-order valence-corrected chi connectivity index (χ1v) is 3.33. The topological polar surface area (TPSA) is 46.5 Å². The summed E-state index contributed by atoms with van der Waals surface area (Å²) < 4.78 is 50.3. The quantitative estimate of drug-likeness (QED) is 0.355. The smallest absolute Gasteiger partial charge is 0.418 e. The van der Waals surface area contributed by atoms with Gasteiger partial charge in [0.25, 0.3) is 6.29 Å². The molecule has 0 rings (SSSR count). The molecule has 1 unspecified atom stereocenters. The fraction of sp³-hybridized carbons (Fsp3) is 0.750. The highest BCUT2D eigenvalue weighted by Crippen LogP contribution is 2.27. The van der Waals surface area contributed by atoms with E-state index in [4.69, 9.17) is 5.11 Å². The number of carbonyl (C=O) groups is 1. The lowest BCUT2D eigenvalue weighted by Crippen LogP contribution is -2.37. The molecule has 9 heteroatoms. The van der Waals surface area contributed by atoms with Gasteiger partial charge in [0.15, 0.2) is 0 Å². The van der Waals surface area contributed by atoms with Gasteiger partial charge in [-0.05, 0) is 23.2 Å². The molecular formula is C4H2Cl2F4O3. The third kappa shape index (κ3) is 4.49. The van der Waals surface area contributed by atoms with E-state index in [2.05, 4.69) is 27.9 Å². The maximum absolute atomic E-state index is 11.8. The molecule has 0 saturated heterocycles. The van der Waals surface area contributed by atoms with Crippen LogP contribution < -0.4 is 0 Å².